The van der Waals surface area contributed by atoms with Crippen LogP contribution in [0.1, 0.15) is 49.4 Å². The predicted molar refractivity (Wildman–Crippen MR) is 177 cm³/mol. The average molecular weight is 660 g/mol. The van der Waals surface area contributed by atoms with E-state index in [4.69, 9.17) is 14.2 Å². The van der Waals surface area contributed by atoms with E-state index in [1.54, 1.807) is 54.8 Å². The fourth-order valence-electron chi connectivity index (χ4n) is 4.27. The van der Waals surface area contributed by atoms with Crippen molar-refractivity contribution in [3.63, 3.8) is 0 Å². The maximum Gasteiger partial charge on any atom is 0.407 e. The molecule has 2 heterocycles. The zero-order valence-electron chi connectivity index (χ0n) is 26.3. The molecule has 0 radical (unpaired) electrons. The summed E-state index contributed by atoms with van der Waals surface area (Å²) in [5, 5.41) is 20.2. The second-order valence-corrected chi connectivity index (χ2v) is 12.1. The summed E-state index contributed by atoms with van der Waals surface area (Å²) in [6.07, 6.45) is -0.710. The van der Waals surface area contributed by atoms with E-state index in [0.29, 0.717) is 33.9 Å². The number of alkyl carbamates (subject to hydrolysis) is 1. The molecule has 0 aliphatic carbocycles. The van der Waals surface area contributed by atoms with Crippen LogP contribution >= 0.6 is 11.3 Å². The highest BCUT2D eigenvalue weighted by molar-refractivity contribution is 7.12. The lowest BCUT2D eigenvalue weighted by molar-refractivity contribution is -0.116. The summed E-state index contributed by atoms with van der Waals surface area (Å²) in [4.78, 5) is 42.6. The monoisotopic (exact) mass is 659 g/mol. The first-order chi connectivity index (χ1) is 22.5. The standard InChI is InChI=1S/C34H34FN5O6S/c1-5-44-20-46-28-17-22(35)11-12-24(28)27-18-25(26(19-36)31(38-27)39-32(42)29-10-7-15-47-29)21-8-6-9-23(16-21)37-30(41)13-14-45-33(43)40-34(2,3)4/h6-12,15-18H,5,13-14,20H2,1-4H3,(H,37,41)(H,40,43)(H,38,39,42). The van der Waals surface area contributed by atoms with E-state index < -0.39 is 29.3 Å². The van der Waals surface area contributed by atoms with Crippen LogP contribution in [0.15, 0.2) is 66.0 Å². The number of rotatable bonds is 12. The van der Waals surface area contributed by atoms with E-state index in [1.165, 1.54) is 29.5 Å². The average Bonchev–Trinajstić information content (AvgIpc) is 3.56. The number of nitrogens with one attached hydrogen (secondary N) is 3. The van der Waals surface area contributed by atoms with Gasteiger partial charge in [-0.05, 0) is 75.0 Å². The van der Waals surface area contributed by atoms with Crippen molar-refractivity contribution in [1.82, 2.24) is 10.3 Å². The number of benzene rings is 2. The third-order valence-electron chi connectivity index (χ3n) is 6.33. The first-order valence-electron chi connectivity index (χ1n) is 14.6. The molecule has 0 atom stereocenters. The second-order valence-electron chi connectivity index (χ2n) is 11.1. The van der Waals surface area contributed by atoms with Gasteiger partial charge in [-0.2, -0.15) is 5.26 Å². The Morgan fingerprint density at radius 2 is 1.83 bits per heavy atom. The Balaban J connectivity index is 1.69. The highest BCUT2D eigenvalue weighted by atomic mass is 32.1. The minimum Gasteiger partial charge on any atom is -0.467 e. The summed E-state index contributed by atoms with van der Waals surface area (Å²) < 4.78 is 30.3. The topological polar surface area (TPSA) is 152 Å². The van der Waals surface area contributed by atoms with Crippen molar-refractivity contribution in [2.24, 2.45) is 0 Å². The second kappa shape index (κ2) is 15.8. The van der Waals surface area contributed by atoms with Gasteiger partial charge in [0.25, 0.3) is 5.91 Å². The molecule has 0 saturated heterocycles. The number of hydrogen-bond acceptors (Lipinski definition) is 9. The maximum absolute atomic E-state index is 14.3. The summed E-state index contributed by atoms with van der Waals surface area (Å²) in [5.74, 6) is -1.26. The summed E-state index contributed by atoms with van der Waals surface area (Å²) in [6.45, 7) is 7.36. The summed E-state index contributed by atoms with van der Waals surface area (Å²) in [7, 11) is 0. The largest absolute Gasteiger partial charge is 0.467 e. The number of ether oxygens (including phenoxy) is 3. The van der Waals surface area contributed by atoms with E-state index in [1.807, 2.05) is 20.8 Å². The van der Waals surface area contributed by atoms with Crippen molar-refractivity contribution >= 4 is 40.7 Å². The lowest BCUT2D eigenvalue weighted by Gasteiger charge is -2.19. The van der Waals surface area contributed by atoms with Gasteiger partial charge in [0.1, 0.15) is 29.8 Å². The number of nitriles is 1. The van der Waals surface area contributed by atoms with E-state index >= 15 is 0 Å². The molecule has 3 N–H and O–H groups in total. The van der Waals surface area contributed by atoms with Crippen LogP contribution in [0, 0.1) is 17.1 Å². The summed E-state index contributed by atoms with van der Waals surface area (Å²) in [5.41, 5.74) is 1.60. The fourth-order valence-corrected chi connectivity index (χ4v) is 4.89. The molecule has 0 aliphatic rings. The molecule has 0 saturated carbocycles. The van der Waals surface area contributed by atoms with Gasteiger partial charge in [-0.25, -0.2) is 14.2 Å². The van der Waals surface area contributed by atoms with Gasteiger partial charge in [-0.1, -0.05) is 18.2 Å². The Morgan fingerprint density at radius 3 is 2.53 bits per heavy atom. The van der Waals surface area contributed by atoms with Crippen LogP contribution < -0.4 is 20.7 Å². The van der Waals surface area contributed by atoms with Crippen LogP contribution in [-0.2, 0) is 14.3 Å². The fraction of sp³-hybridized carbons (Fsp3) is 0.265. The quantitative estimate of drug-likeness (QED) is 0.109. The van der Waals surface area contributed by atoms with Crippen molar-refractivity contribution in [2.75, 3.05) is 30.6 Å². The molecule has 0 bridgehead atoms. The molecule has 0 aliphatic heterocycles. The molecular formula is C34H34FN5O6S. The Kier molecular flexibility index (Phi) is 11.6. The van der Waals surface area contributed by atoms with Crippen LogP contribution in [0.4, 0.5) is 20.7 Å². The van der Waals surface area contributed by atoms with Gasteiger partial charge < -0.3 is 30.2 Å². The number of anilines is 2. The maximum atomic E-state index is 14.3. The molecule has 0 fully saturated rings. The molecule has 244 valence electrons. The summed E-state index contributed by atoms with van der Waals surface area (Å²) >= 11 is 1.23. The number of pyridine rings is 1. The van der Waals surface area contributed by atoms with Gasteiger partial charge in [0, 0.05) is 35.0 Å². The molecule has 47 heavy (non-hydrogen) atoms. The number of carbonyl (C=O) groups excluding carboxylic acids is 3. The SMILES string of the molecule is CCOCOc1cc(F)ccc1-c1cc(-c2cccc(NC(=O)CCOC(=O)NC(C)(C)C)c2)c(C#N)c(NC(=O)c2cccs2)n1. The predicted octanol–water partition coefficient (Wildman–Crippen LogP) is 6.97. The van der Waals surface area contributed by atoms with Gasteiger partial charge in [0.2, 0.25) is 5.91 Å². The van der Waals surface area contributed by atoms with Crippen LogP contribution in [0.25, 0.3) is 22.4 Å². The van der Waals surface area contributed by atoms with Crippen LogP contribution in [0.5, 0.6) is 5.75 Å². The Labute approximate surface area is 275 Å². The van der Waals surface area contributed by atoms with Crippen LogP contribution in [0.2, 0.25) is 0 Å². The van der Waals surface area contributed by atoms with Gasteiger partial charge in [-0.15, -0.1) is 11.3 Å². The first-order valence-corrected chi connectivity index (χ1v) is 15.5. The number of carbonyl (C=O) groups is 3. The molecule has 4 rings (SSSR count). The van der Waals surface area contributed by atoms with E-state index in [2.05, 4.69) is 27.0 Å². The van der Waals surface area contributed by atoms with Crippen molar-refractivity contribution < 1.29 is 33.0 Å². The Bertz CT molecular complexity index is 1780. The lowest BCUT2D eigenvalue weighted by Crippen LogP contribution is -2.41. The van der Waals surface area contributed by atoms with Crippen LogP contribution in [-0.4, -0.2) is 48.4 Å². The van der Waals surface area contributed by atoms with Gasteiger partial charge in [0.05, 0.1) is 17.0 Å². The summed E-state index contributed by atoms with van der Waals surface area (Å²) in [6, 6.07) is 17.8. The molecule has 2 aromatic heterocycles. The molecule has 2 aromatic carbocycles. The molecular weight excluding hydrogens is 625 g/mol. The molecule has 4 aromatic rings. The highest BCUT2D eigenvalue weighted by Crippen LogP contribution is 2.37. The lowest BCUT2D eigenvalue weighted by atomic mass is 9.97. The molecule has 11 nitrogen and oxygen atoms in total. The number of thiophene rings is 1. The highest BCUT2D eigenvalue weighted by Gasteiger charge is 2.21. The normalized spacial score (nSPS) is 10.9. The van der Waals surface area contributed by atoms with Gasteiger partial charge in [0.15, 0.2) is 12.6 Å². The number of hydrogen-bond donors (Lipinski definition) is 3. The Morgan fingerprint density at radius 1 is 1.02 bits per heavy atom. The van der Waals surface area contributed by atoms with E-state index in [0.717, 1.165) is 0 Å². The third-order valence-corrected chi connectivity index (χ3v) is 7.19. The number of halogens is 1. The van der Waals surface area contributed by atoms with E-state index in [-0.39, 0.29) is 42.6 Å². The van der Waals surface area contributed by atoms with E-state index in [9.17, 15) is 24.0 Å². The van der Waals surface area contributed by atoms with Crippen molar-refractivity contribution in [3.8, 4) is 34.2 Å². The zero-order chi connectivity index (χ0) is 34.0. The van der Waals surface area contributed by atoms with Crippen molar-refractivity contribution in [2.45, 2.75) is 39.7 Å². The number of amides is 3. The third kappa shape index (κ3) is 9.83. The molecule has 3 amide bonds. The van der Waals surface area contributed by atoms with Crippen LogP contribution in [0.3, 0.4) is 0 Å². The van der Waals surface area contributed by atoms with Gasteiger partial charge >= 0.3 is 6.09 Å². The number of nitrogens with zero attached hydrogens (tertiary/aromatic N) is 2. The Hall–Kier alpha value is -5.32. The molecule has 0 unspecified atom stereocenters. The van der Waals surface area contributed by atoms with Crippen molar-refractivity contribution in [3.05, 3.63) is 82.3 Å². The minimum absolute atomic E-state index is 0.0152. The molecule has 13 heteroatoms. The minimum atomic E-state index is -0.626. The van der Waals surface area contributed by atoms with Gasteiger partial charge in [-0.3, -0.25) is 9.59 Å². The smallest absolute Gasteiger partial charge is 0.407 e. The number of aromatic nitrogens is 1. The first kappa shape index (κ1) is 34.6. The molecule has 0 spiro atoms. The van der Waals surface area contributed by atoms with Crippen molar-refractivity contribution in [1.29, 1.82) is 5.26 Å². The zero-order valence-corrected chi connectivity index (χ0v) is 27.1.